The van der Waals surface area contributed by atoms with Crippen LogP contribution in [0.25, 0.3) is 22.2 Å². The summed E-state index contributed by atoms with van der Waals surface area (Å²) in [4.78, 5) is 24.6. The van der Waals surface area contributed by atoms with Crippen molar-refractivity contribution in [2.75, 3.05) is 0 Å². The summed E-state index contributed by atoms with van der Waals surface area (Å²) in [7, 11) is 1.86. The zero-order valence-electron chi connectivity index (χ0n) is 17.5. The van der Waals surface area contributed by atoms with Gasteiger partial charge in [-0.05, 0) is 36.2 Å². The summed E-state index contributed by atoms with van der Waals surface area (Å²) in [5.41, 5.74) is 3.35. The summed E-state index contributed by atoms with van der Waals surface area (Å²) in [6.07, 6.45) is 6.82. The lowest BCUT2D eigenvalue weighted by atomic mass is 10.1. The average Bonchev–Trinajstić information content (AvgIpc) is 3.25. The van der Waals surface area contributed by atoms with Crippen molar-refractivity contribution >= 4 is 10.9 Å². The van der Waals surface area contributed by atoms with E-state index in [9.17, 15) is 4.79 Å². The first kappa shape index (κ1) is 19.7. The third kappa shape index (κ3) is 4.27. The van der Waals surface area contributed by atoms with Crippen LogP contribution in [-0.4, -0.2) is 24.7 Å². The Balaban J connectivity index is 1.37. The number of H-pyrrole nitrogens is 1. The van der Waals surface area contributed by atoms with E-state index in [4.69, 9.17) is 4.74 Å². The van der Waals surface area contributed by atoms with Crippen LogP contribution >= 0.6 is 0 Å². The van der Waals surface area contributed by atoms with Crippen molar-refractivity contribution in [1.82, 2.24) is 24.7 Å². The predicted octanol–water partition coefficient (Wildman–Crippen LogP) is 4.30. The van der Waals surface area contributed by atoms with Crippen molar-refractivity contribution in [3.63, 3.8) is 0 Å². The van der Waals surface area contributed by atoms with E-state index in [2.05, 4.69) is 32.2 Å². The standard InChI is InChI=1S/C25H21N5O2/c1-30-16-18(15-27-30)23-14-20(11-12-26-23)32-19-8-9-22-21(13-19)25(31)29-24(28-22)10-7-17-5-3-2-4-6-17/h2-6,8-9,11-16H,7,10H2,1H3,(H,28,29,31). The molecular weight excluding hydrogens is 402 g/mol. The molecule has 0 bridgehead atoms. The van der Waals surface area contributed by atoms with Crippen LogP contribution in [-0.2, 0) is 19.9 Å². The van der Waals surface area contributed by atoms with Crippen LogP contribution in [0, 0.1) is 0 Å². The van der Waals surface area contributed by atoms with Crippen LogP contribution in [0.3, 0.4) is 0 Å². The Morgan fingerprint density at radius 1 is 1.00 bits per heavy atom. The minimum Gasteiger partial charge on any atom is -0.457 e. The Morgan fingerprint density at radius 2 is 1.84 bits per heavy atom. The number of pyridine rings is 1. The van der Waals surface area contributed by atoms with E-state index in [-0.39, 0.29) is 5.56 Å². The summed E-state index contributed by atoms with van der Waals surface area (Å²) in [5, 5.41) is 4.67. The molecule has 5 aromatic rings. The molecule has 0 aliphatic heterocycles. The normalized spacial score (nSPS) is 11.0. The Labute approximate surface area is 184 Å². The minimum absolute atomic E-state index is 0.172. The number of ether oxygens (including phenoxy) is 1. The summed E-state index contributed by atoms with van der Waals surface area (Å²) < 4.78 is 7.72. The maximum Gasteiger partial charge on any atom is 0.258 e. The van der Waals surface area contributed by atoms with Gasteiger partial charge in [0.05, 0.1) is 22.8 Å². The molecule has 0 aliphatic rings. The number of rotatable bonds is 6. The molecule has 7 nitrogen and oxygen atoms in total. The Hall–Kier alpha value is -4.26. The van der Waals surface area contributed by atoms with Crippen LogP contribution in [0.5, 0.6) is 11.5 Å². The lowest BCUT2D eigenvalue weighted by molar-refractivity contribution is 0.483. The molecule has 158 valence electrons. The van der Waals surface area contributed by atoms with Crippen molar-refractivity contribution in [3.05, 3.63) is 101 Å². The highest BCUT2D eigenvalue weighted by Crippen LogP contribution is 2.26. The minimum atomic E-state index is -0.172. The molecule has 0 saturated heterocycles. The van der Waals surface area contributed by atoms with Crippen LogP contribution < -0.4 is 10.3 Å². The number of aryl methyl sites for hydroxylation is 3. The van der Waals surface area contributed by atoms with Gasteiger partial charge in [0.1, 0.15) is 17.3 Å². The van der Waals surface area contributed by atoms with Crippen LogP contribution in [0.15, 0.2) is 84.0 Å². The van der Waals surface area contributed by atoms with Crippen molar-refractivity contribution < 1.29 is 4.74 Å². The lowest BCUT2D eigenvalue weighted by Crippen LogP contribution is -2.12. The van der Waals surface area contributed by atoms with E-state index in [1.165, 1.54) is 5.56 Å². The second-order valence-corrected chi connectivity index (χ2v) is 7.56. The number of nitrogens with one attached hydrogen (secondary N) is 1. The maximum atomic E-state index is 12.7. The van der Waals surface area contributed by atoms with E-state index in [1.54, 1.807) is 29.2 Å². The van der Waals surface area contributed by atoms with Crippen LogP contribution in [0.2, 0.25) is 0 Å². The highest BCUT2D eigenvalue weighted by atomic mass is 16.5. The van der Waals surface area contributed by atoms with E-state index in [1.807, 2.05) is 49.6 Å². The monoisotopic (exact) mass is 423 g/mol. The predicted molar refractivity (Wildman–Crippen MR) is 123 cm³/mol. The number of aromatic nitrogens is 5. The Bertz CT molecular complexity index is 1440. The third-order valence-electron chi connectivity index (χ3n) is 5.19. The second-order valence-electron chi connectivity index (χ2n) is 7.56. The van der Waals surface area contributed by atoms with Gasteiger partial charge in [0.25, 0.3) is 5.56 Å². The quantitative estimate of drug-likeness (QED) is 0.440. The molecule has 2 aromatic carbocycles. The van der Waals surface area contributed by atoms with Crippen molar-refractivity contribution in [3.8, 4) is 22.8 Å². The first-order valence-corrected chi connectivity index (χ1v) is 10.3. The zero-order valence-corrected chi connectivity index (χ0v) is 17.5. The molecule has 7 heteroatoms. The average molecular weight is 423 g/mol. The number of fused-ring (bicyclic) bond motifs is 1. The SMILES string of the molecule is Cn1cc(-c2cc(Oc3ccc4nc(CCc5ccccc5)[nH]c(=O)c4c3)ccn2)cn1. The smallest absolute Gasteiger partial charge is 0.258 e. The highest BCUT2D eigenvalue weighted by Gasteiger charge is 2.09. The van der Waals surface area contributed by atoms with Crippen molar-refractivity contribution in [1.29, 1.82) is 0 Å². The van der Waals surface area contributed by atoms with Gasteiger partial charge >= 0.3 is 0 Å². The van der Waals surface area contributed by atoms with E-state index in [0.717, 1.165) is 17.7 Å². The number of aromatic amines is 1. The van der Waals surface area contributed by atoms with Crippen molar-refractivity contribution in [2.24, 2.45) is 7.05 Å². The van der Waals surface area contributed by atoms with Gasteiger partial charge in [-0.25, -0.2) is 4.98 Å². The molecule has 0 saturated carbocycles. The van der Waals surface area contributed by atoms with Crippen molar-refractivity contribution in [2.45, 2.75) is 12.8 Å². The molecule has 32 heavy (non-hydrogen) atoms. The first-order valence-electron chi connectivity index (χ1n) is 10.3. The molecule has 0 aliphatic carbocycles. The van der Waals surface area contributed by atoms with Crippen LogP contribution in [0.1, 0.15) is 11.4 Å². The topological polar surface area (TPSA) is 85.7 Å². The molecule has 0 unspecified atom stereocenters. The fourth-order valence-corrected chi connectivity index (χ4v) is 3.58. The molecule has 0 amide bonds. The van der Waals surface area contributed by atoms with Gasteiger partial charge in [0, 0.05) is 37.5 Å². The maximum absolute atomic E-state index is 12.7. The highest BCUT2D eigenvalue weighted by molar-refractivity contribution is 5.79. The summed E-state index contributed by atoms with van der Waals surface area (Å²) in [6.45, 7) is 0. The Morgan fingerprint density at radius 3 is 2.66 bits per heavy atom. The van der Waals surface area contributed by atoms with E-state index >= 15 is 0 Å². The molecule has 3 aromatic heterocycles. The molecule has 1 N–H and O–H groups in total. The Kier molecular flexibility index (Phi) is 5.21. The summed E-state index contributed by atoms with van der Waals surface area (Å²) >= 11 is 0. The van der Waals surface area contributed by atoms with Gasteiger partial charge in [0.2, 0.25) is 0 Å². The molecule has 5 rings (SSSR count). The molecule has 0 spiro atoms. The molecule has 3 heterocycles. The van der Waals surface area contributed by atoms with Gasteiger partial charge in [-0.2, -0.15) is 5.10 Å². The van der Waals surface area contributed by atoms with Gasteiger partial charge in [-0.3, -0.25) is 14.5 Å². The number of hydrogen-bond acceptors (Lipinski definition) is 5. The number of benzene rings is 2. The van der Waals surface area contributed by atoms with E-state index < -0.39 is 0 Å². The number of hydrogen-bond donors (Lipinski definition) is 1. The third-order valence-corrected chi connectivity index (χ3v) is 5.19. The second kappa shape index (κ2) is 8.47. The molecule has 0 fully saturated rings. The van der Waals surface area contributed by atoms with Gasteiger partial charge in [-0.1, -0.05) is 30.3 Å². The fraction of sp³-hybridized carbons (Fsp3) is 0.120. The first-order chi connectivity index (χ1) is 15.6. The molecular formula is C25H21N5O2. The summed E-state index contributed by atoms with van der Waals surface area (Å²) in [5.74, 6) is 1.86. The largest absolute Gasteiger partial charge is 0.457 e. The zero-order chi connectivity index (χ0) is 21.9. The van der Waals surface area contributed by atoms with Gasteiger partial charge in [-0.15, -0.1) is 0 Å². The van der Waals surface area contributed by atoms with E-state index in [0.29, 0.717) is 34.6 Å². The number of nitrogens with zero attached hydrogens (tertiary/aromatic N) is 4. The molecule has 0 atom stereocenters. The lowest BCUT2D eigenvalue weighted by Gasteiger charge is -2.08. The molecule has 0 radical (unpaired) electrons. The fourth-order valence-electron chi connectivity index (χ4n) is 3.58. The van der Waals surface area contributed by atoms with Gasteiger partial charge in [0.15, 0.2) is 0 Å². The van der Waals surface area contributed by atoms with Gasteiger partial charge < -0.3 is 9.72 Å². The summed E-state index contributed by atoms with van der Waals surface area (Å²) in [6, 6.07) is 19.1. The van der Waals surface area contributed by atoms with Crippen LogP contribution in [0.4, 0.5) is 0 Å².